The summed E-state index contributed by atoms with van der Waals surface area (Å²) in [5.74, 6) is 1.61. The molecule has 2 aromatic heterocycles. The van der Waals surface area contributed by atoms with E-state index < -0.39 is 0 Å². The second-order valence-corrected chi connectivity index (χ2v) is 8.35. The molecule has 0 spiro atoms. The van der Waals surface area contributed by atoms with Crippen LogP contribution in [0.2, 0.25) is 0 Å². The normalized spacial score (nSPS) is 16.6. The number of aromatic hydroxyl groups is 1. The maximum Gasteiger partial charge on any atom is 0.250 e. The third-order valence-electron chi connectivity index (χ3n) is 6.33. The molecule has 0 amide bonds. The fraction of sp³-hybridized carbons (Fsp3) is 0.375. The summed E-state index contributed by atoms with van der Waals surface area (Å²) in [7, 11) is 1.71. The molecular formula is C24H26N4O3. The molecule has 7 heteroatoms. The van der Waals surface area contributed by atoms with E-state index in [1.807, 2.05) is 18.2 Å². The lowest BCUT2D eigenvalue weighted by Crippen LogP contribution is -2.42. The maximum absolute atomic E-state index is 11.9. The predicted molar refractivity (Wildman–Crippen MR) is 120 cm³/mol. The predicted octanol–water partition coefficient (Wildman–Crippen LogP) is 3.75. The van der Waals surface area contributed by atoms with Gasteiger partial charge in [0.05, 0.1) is 6.54 Å². The largest absolute Gasteiger partial charge is 0.507 e. The van der Waals surface area contributed by atoms with Gasteiger partial charge in [-0.05, 0) is 42.2 Å². The molecule has 3 heterocycles. The molecule has 1 saturated carbocycles. The van der Waals surface area contributed by atoms with Gasteiger partial charge < -0.3 is 19.3 Å². The Hall–Kier alpha value is -3.35. The lowest BCUT2D eigenvalue weighted by molar-refractivity contribution is 0.284. The third kappa shape index (κ3) is 3.76. The molecule has 1 aliphatic carbocycles. The average Bonchev–Trinajstić information content (AvgIpc) is 2.80. The van der Waals surface area contributed by atoms with Gasteiger partial charge in [0.2, 0.25) is 0 Å². The highest BCUT2D eigenvalue weighted by Crippen LogP contribution is 2.38. The molecule has 0 bridgehead atoms. The zero-order valence-corrected chi connectivity index (χ0v) is 17.6. The molecular weight excluding hydrogens is 392 g/mol. The number of anilines is 1. The van der Waals surface area contributed by atoms with Crippen molar-refractivity contribution in [1.29, 1.82) is 0 Å². The minimum absolute atomic E-state index is 0.0902. The Balaban J connectivity index is 1.45. The van der Waals surface area contributed by atoms with E-state index in [2.05, 4.69) is 15.1 Å². The van der Waals surface area contributed by atoms with E-state index in [1.165, 1.54) is 36.7 Å². The van der Waals surface area contributed by atoms with Crippen LogP contribution < -0.4 is 15.2 Å². The first-order valence-corrected chi connectivity index (χ1v) is 10.9. The number of rotatable bonds is 3. The van der Waals surface area contributed by atoms with Crippen LogP contribution >= 0.6 is 0 Å². The number of aryl methyl sites for hydroxylation is 1. The number of aromatic nitrogens is 3. The first kappa shape index (κ1) is 19.6. The van der Waals surface area contributed by atoms with Crippen LogP contribution in [0.5, 0.6) is 11.5 Å². The number of pyridine rings is 1. The molecule has 2 aliphatic rings. The topological polar surface area (TPSA) is 80.5 Å². The van der Waals surface area contributed by atoms with E-state index in [9.17, 15) is 9.90 Å². The van der Waals surface area contributed by atoms with Gasteiger partial charge in [0, 0.05) is 37.0 Å². The van der Waals surface area contributed by atoms with Crippen LogP contribution in [0, 0.1) is 0 Å². The summed E-state index contributed by atoms with van der Waals surface area (Å²) in [5.41, 5.74) is 2.58. The monoisotopic (exact) mass is 418 g/mol. The van der Waals surface area contributed by atoms with Crippen molar-refractivity contribution >= 4 is 5.82 Å². The molecule has 31 heavy (non-hydrogen) atoms. The number of phenols is 1. The average molecular weight is 418 g/mol. The van der Waals surface area contributed by atoms with Crippen molar-refractivity contribution in [2.75, 3.05) is 18.1 Å². The maximum atomic E-state index is 11.9. The summed E-state index contributed by atoms with van der Waals surface area (Å²) in [6, 6.07) is 11.1. The van der Waals surface area contributed by atoms with Gasteiger partial charge in [-0.15, -0.1) is 10.2 Å². The Morgan fingerprint density at radius 3 is 2.61 bits per heavy atom. The zero-order valence-electron chi connectivity index (χ0n) is 17.6. The van der Waals surface area contributed by atoms with Crippen LogP contribution in [0.1, 0.15) is 32.1 Å². The van der Waals surface area contributed by atoms with Gasteiger partial charge in [-0.1, -0.05) is 25.3 Å². The van der Waals surface area contributed by atoms with Gasteiger partial charge in [0.1, 0.15) is 18.1 Å². The van der Waals surface area contributed by atoms with Crippen molar-refractivity contribution in [2.24, 2.45) is 7.05 Å². The zero-order chi connectivity index (χ0) is 21.4. The molecule has 0 atom stereocenters. The van der Waals surface area contributed by atoms with Gasteiger partial charge in [0.15, 0.2) is 11.6 Å². The number of nitrogens with zero attached hydrogens (tertiary/aromatic N) is 4. The van der Waals surface area contributed by atoms with Crippen molar-refractivity contribution < 1.29 is 9.84 Å². The van der Waals surface area contributed by atoms with Crippen LogP contribution in [-0.4, -0.2) is 39.1 Å². The summed E-state index contributed by atoms with van der Waals surface area (Å²) >= 11 is 0. The Morgan fingerprint density at radius 2 is 1.84 bits per heavy atom. The molecule has 1 N–H and O–H groups in total. The lowest BCUT2D eigenvalue weighted by atomic mass is 9.94. The molecule has 5 rings (SSSR count). The summed E-state index contributed by atoms with van der Waals surface area (Å²) in [6.07, 6.45) is 7.92. The SMILES string of the molecule is Cn1ccc(-c2ccc(-c3cc4c(nn3)N(C3CCCCC3)CCO4)c(O)c2)cc1=O. The second kappa shape index (κ2) is 8.06. The highest BCUT2D eigenvalue weighted by Gasteiger charge is 2.28. The minimum Gasteiger partial charge on any atom is -0.507 e. The molecule has 3 aromatic rings. The van der Waals surface area contributed by atoms with E-state index in [0.29, 0.717) is 23.9 Å². The van der Waals surface area contributed by atoms with E-state index >= 15 is 0 Å². The minimum atomic E-state index is -0.0960. The Labute approximate surface area is 180 Å². The van der Waals surface area contributed by atoms with Crippen LogP contribution in [0.25, 0.3) is 22.4 Å². The molecule has 160 valence electrons. The van der Waals surface area contributed by atoms with Crippen molar-refractivity contribution in [1.82, 2.24) is 14.8 Å². The highest BCUT2D eigenvalue weighted by atomic mass is 16.5. The van der Waals surface area contributed by atoms with Crippen molar-refractivity contribution in [2.45, 2.75) is 38.1 Å². The summed E-state index contributed by atoms with van der Waals surface area (Å²) in [4.78, 5) is 14.3. The highest BCUT2D eigenvalue weighted by molar-refractivity contribution is 5.75. The first-order chi connectivity index (χ1) is 15.1. The summed E-state index contributed by atoms with van der Waals surface area (Å²) in [6.45, 7) is 1.46. The van der Waals surface area contributed by atoms with E-state index in [1.54, 1.807) is 31.4 Å². The van der Waals surface area contributed by atoms with Gasteiger partial charge in [-0.25, -0.2) is 0 Å². The Morgan fingerprint density at radius 1 is 1.03 bits per heavy atom. The van der Waals surface area contributed by atoms with E-state index in [-0.39, 0.29) is 11.3 Å². The molecule has 1 aliphatic heterocycles. The Bertz CT molecular complexity index is 1170. The second-order valence-electron chi connectivity index (χ2n) is 8.35. The molecule has 1 aromatic carbocycles. The fourth-order valence-corrected chi connectivity index (χ4v) is 4.57. The van der Waals surface area contributed by atoms with Gasteiger partial charge in [0.25, 0.3) is 5.56 Å². The fourth-order valence-electron chi connectivity index (χ4n) is 4.57. The number of benzene rings is 1. The standard InChI is InChI=1S/C24H26N4O3/c1-27-10-9-17(14-23(27)30)16-7-8-19(21(29)13-16)20-15-22-24(26-25-20)28(11-12-31-22)18-5-3-2-4-6-18/h7-10,13-15,18,29H,2-6,11-12H2,1H3. The van der Waals surface area contributed by atoms with Gasteiger partial charge in [-0.3, -0.25) is 4.79 Å². The number of ether oxygens (including phenoxy) is 1. The molecule has 0 saturated heterocycles. The quantitative estimate of drug-likeness (QED) is 0.698. The number of hydrogen-bond donors (Lipinski definition) is 1. The lowest BCUT2D eigenvalue weighted by Gasteiger charge is -2.38. The van der Waals surface area contributed by atoms with Crippen molar-refractivity contribution in [3.63, 3.8) is 0 Å². The van der Waals surface area contributed by atoms with Crippen LogP contribution in [-0.2, 0) is 7.05 Å². The third-order valence-corrected chi connectivity index (χ3v) is 6.33. The molecule has 1 fully saturated rings. The van der Waals surface area contributed by atoms with E-state index in [4.69, 9.17) is 4.74 Å². The summed E-state index contributed by atoms with van der Waals surface area (Å²) in [5, 5.41) is 19.6. The van der Waals surface area contributed by atoms with Crippen LogP contribution in [0.15, 0.2) is 47.4 Å². The van der Waals surface area contributed by atoms with Gasteiger partial charge in [-0.2, -0.15) is 0 Å². The van der Waals surface area contributed by atoms with Crippen LogP contribution in [0.3, 0.4) is 0 Å². The molecule has 7 nitrogen and oxygen atoms in total. The smallest absolute Gasteiger partial charge is 0.250 e. The molecule has 0 radical (unpaired) electrons. The Kier molecular flexibility index (Phi) is 5.10. The number of phenolic OH excluding ortho intramolecular Hbond substituents is 1. The van der Waals surface area contributed by atoms with Crippen molar-refractivity contribution in [3.05, 3.63) is 52.9 Å². The first-order valence-electron chi connectivity index (χ1n) is 10.9. The number of fused-ring (bicyclic) bond motifs is 1. The van der Waals surface area contributed by atoms with Crippen LogP contribution in [0.4, 0.5) is 5.82 Å². The van der Waals surface area contributed by atoms with E-state index in [0.717, 1.165) is 29.2 Å². The van der Waals surface area contributed by atoms with Crippen molar-refractivity contribution in [3.8, 4) is 33.9 Å². The summed E-state index contributed by atoms with van der Waals surface area (Å²) < 4.78 is 7.41. The number of hydrogen-bond acceptors (Lipinski definition) is 6. The molecule has 0 unspecified atom stereocenters. The van der Waals surface area contributed by atoms with Gasteiger partial charge >= 0.3 is 0 Å².